The van der Waals surface area contributed by atoms with Crippen LogP contribution in [0.25, 0.3) is 0 Å². The number of ketones is 1. The number of aryl methyl sites for hydroxylation is 1. The number of carbonyl (C=O) groups excluding carboxylic acids is 1. The van der Waals surface area contributed by atoms with Crippen LogP contribution in [0.3, 0.4) is 0 Å². The molecule has 0 aliphatic carbocycles. The van der Waals surface area contributed by atoms with Crippen LogP contribution in [-0.4, -0.2) is 26.1 Å². The number of Topliss-reactive ketones (excluding diaryl/α,β-unsaturated/α-hetero) is 1. The molecule has 1 unspecified atom stereocenters. The molecular formula is C20H25NO4. The van der Waals surface area contributed by atoms with Crippen LogP contribution in [0.1, 0.15) is 35.7 Å². The van der Waals surface area contributed by atoms with Crippen LogP contribution < -0.4 is 19.9 Å². The Hall–Kier alpha value is -2.69. The number of benzene rings is 2. The van der Waals surface area contributed by atoms with Gasteiger partial charge in [-0.1, -0.05) is 13.3 Å². The third kappa shape index (κ3) is 4.44. The van der Waals surface area contributed by atoms with Crippen LogP contribution in [0.5, 0.6) is 17.2 Å². The lowest BCUT2D eigenvalue weighted by Gasteiger charge is -2.20. The van der Waals surface area contributed by atoms with E-state index in [1.54, 1.807) is 50.6 Å². The first-order valence-corrected chi connectivity index (χ1v) is 8.29. The van der Waals surface area contributed by atoms with Crippen LogP contribution in [0.4, 0.5) is 5.69 Å². The summed E-state index contributed by atoms with van der Waals surface area (Å²) in [4.78, 5) is 13.1. The van der Waals surface area contributed by atoms with E-state index in [2.05, 4.69) is 0 Å². The molecule has 1 atom stereocenters. The van der Waals surface area contributed by atoms with Gasteiger partial charge >= 0.3 is 0 Å². The predicted molar refractivity (Wildman–Crippen MR) is 98.8 cm³/mol. The number of carbonyl (C=O) groups is 1. The zero-order valence-electron chi connectivity index (χ0n) is 15.2. The largest absolute Gasteiger partial charge is 0.496 e. The number of ether oxygens (including phenoxy) is 3. The first kappa shape index (κ1) is 18.6. The maximum atomic E-state index is 13.1. The molecule has 0 saturated heterocycles. The molecule has 0 amide bonds. The highest BCUT2D eigenvalue weighted by atomic mass is 16.5. The summed E-state index contributed by atoms with van der Waals surface area (Å²) in [5.74, 6) is 1.64. The third-order valence-electron chi connectivity index (χ3n) is 3.98. The van der Waals surface area contributed by atoms with Gasteiger partial charge in [0.2, 0.25) is 5.78 Å². The molecule has 5 nitrogen and oxygen atoms in total. The Bertz CT molecular complexity index is 725. The lowest BCUT2D eigenvalue weighted by atomic mass is 9.99. The smallest absolute Gasteiger partial charge is 0.207 e. The van der Waals surface area contributed by atoms with Gasteiger partial charge in [0.05, 0.1) is 19.8 Å². The minimum atomic E-state index is -0.602. The summed E-state index contributed by atoms with van der Waals surface area (Å²) < 4.78 is 16.7. The minimum absolute atomic E-state index is 0.131. The first-order valence-electron chi connectivity index (χ1n) is 8.29. The molecule has 2 N–H and O–H groups in total. The van der Waals surface area contributed by atoms with Crippen molar-refractivity contribution in [3.63, 3.8) is 0 Å². The van der Waals surface area contributed by atoms with E-state index in [4.69, 9.17) is 19.9 Å². The molecule has 0 fully saturated rings. The summed E-state index contributed by atoms with van der Waals surface area (Å²) in [5.41, 5.74) is 7.71. The number of nitrogens with two attached hydrogens (primary N) is 1. The van der Waals surface area contributed by atoms with E-state index in [1.807, 2.05) is 13.8 Å². The van der Waals surface area contributed by atoms with Crippen molar-refractivity contribution in [3.8, 4) is 17.2 Å². The van der Waals surface area contributed by atoms with Crippen molar-refractivity contribution in [1.29, 1.82) is 0 Å². The van der Waals surface area contributed by atoms with Gasteiger partial charge in [-0.3, -0.25) is 4.79 Å². The van der Waals surface area contributed by atoms with Gasteiger partial charge in [-0.25, -0.2) is 0 Å². The molecule has 134 valence electrons. The SMILES string of the molecule is CCCC(Oc1ccc(N)cc1)C(=O)c1cc(OC)c(C)cc1OC. The molecule has 2 aromatic rings. The van der Waals surface area contributed by atoms with Crippen LogP contribution >= 0.6 is 0 Å². The summed E-state index contributed by atoms with van der Waals surface area (Å²) >= 11 is 0. The number of hydrogen-bond acceptors (Lipinski definition) is 5. The highest BCUT2D eigenvalue weighted by Gasteiger charge is 2.25. The van der Waals surface area contributed by atoms with E-state index in [-0.39, 0.29) is 5.78 Å². The van der Waals surface area contributed by atoms with Gasteiger partial charge in [-0.05, 0) is 55.3 Å². The monoisotopic (exact) mass is 343 g/mol. The van der Waals surface area contributed by atoms with Gasteiger partial charge in [0, 0.05) is 5.69 Å². The summed E-state index contributed by atoms with van der Waals surface area (Å²) in [7, 11) is 3.13. The van der Waals surface area contributed by atoms with Gasteiger partial charge in [-0.15, -0.1) is 0 Å². The van der Waals surface area contributed by atoms with Crippen LogP contribution in [0.15, 0.2) is 36.4 Å². The number of nitrogen functional groups attached to an aromatic ring is 1. The zero-order chi connectivity index (χ0) is 18.4. The molecule has 2 aromatic carbocycles. The van der Waals surface area contributed by atoms with Crippen LogP contribution in [0.2, 0.25) is 0 Å². The quantitative estimate of drug-likeness (QED) is 0.579. The second kappa shape index (κ2) is 8.42. The zero-order valence-corrected chi connectivity index (χ0v) is 15.2. The average Bonchev–Trinajstić information content (AvgIpc) is 2.62. The van der Waals surface area contributed by atoms with Crippen molar-refractivity contribution >= 4 is 11.5 Å². The fourth-order valence-electron chi connectivity index (χ4n) is 2.63. The second-order valence-corrected chi connectivity index (χ2v) is 5.85. The Morgan fingerprint density at radius 3 is 2.28 bits per heavy atom. The predicted octanol–water partition coefficient (Wildman–Crippen LogP) is 4.02. The molecule has 0 aliphatic heterocycles. The summed E-state index contributed by atoms with van der Waals surface area (Å²) in [6, 6.07) is 10.5. The summed E-state index contributed by atoms with van der Waals surface area (Å²) in [6.07, 6.45) is 0.814. The van der Waals surface area contributed by atoms with Crippen LogP contribution in [0, 0.1) is 6.92 Å². The molecule has 0 heterocycles. The van der Waals surface area contributed by atoms with E-state index in [1.165, 1.54) is 0 Å². The Kier molecular flexibility index (Phi) is 6.28. The van der Waals surface area contributed by atoms with E-state index in [0.717, 1.165) is 12.0 Å². The minimum Gasteiger partial charge on any atom is -0.496 e. The highest BCUT2D eigenvalue weighted by molar-refractivity contribution is 6.02. The number of rotatable bonds is 8. The highest BCUT2D eigenvalue weighted by Crippen LogP contribution is 2.30. The molecule has 25 heavy (non-hydrogen) atoms. The van der Waals surface area contributed by atoms with E-state index < -0.39 is 6.10 Å². The summed E-state index contributed by atoms with van der Waals surface area (Å²) in [6.45, 7) is 3.92. The first-order chi connectivity index (χ1) is 12.0. The topological polar surface area (TPSA) is 70.8 Å². The molecule has 0 bridgehead atoms. The van der Waals surface area contributed by atoms with Gasteiger partial charge in [0.15, 0.2) is 6.10 Å². The van der Waals surface area contributed by atoms with E-state index >= 15 is 0 Å². The number of anilines is 1. The Morgan fingerprint density at radius 2 is 1.72 bits per heavy atom. The fraction of sp³-hybridized carbons (Fsp3) is 0.350. The molecule has 0 spiro atoms. The van der Waals surface area contributed by atoms with Gasteiger partial charge in [-0.2, -0.15) is 0 Å². The molecule has 2 rings (SSSR count). The molecule has 5 heteroatoms. The Balaban J connectivity index is 2.34. The van der Waals surface area contributed by atoms with Gasteiger partial charge in [0.25, 0.3) is 0 Å². The second-order valence-electron chi connectivity index (χ2n) is 5.85. The maximum Gasteiger partial charge on any atom is 0.207 e. The number of hydrogen-bond donors (Lipinski definition) is 1. The number of methoxy groups -OCH3 is 2. The van der Waals surface area contributed by atoms with Crippen molar-refractivity contribution < 1.29 is 19.0 Å². The maximum absolute atomic E-state index is 13.1. The molecule has 0 saturated carbocycles. The lowest BCUT2D eigenvalue weighted by Crippen LogP contribution is -2.28. The Labute approximate surface area is 148 Å². The fourth-order valence-corrected chi connectivity index (χ4v) is 2.63. The average molecular weight is 343 g/mol. The van der Waals surface area contributed by atoms with Gasteiger partial charge < -0.3 is 19.9 Å². The van der Waals surface area contributed by atoms with Crippen molar-refractivity contribution in [3.05, 3.63) is 47.5 Å². The van der Waals surface area contributed by atoms with E-state index in [0.29, 0.717) is 34.9 Å². The van der Waals surface area contributed by atoms with Crippen molar-refractivity contribution in [1.82, 2.24) is 0 Å². The normalized spacial score (nSPS) is 11.7. The van der Waals surface area contributed by atoms with Crippen LogP contribution in [-0.2, 0) is 0 Å². The molecule has 0 radical (unpaired) electrons. The van der Waals surface area contributed by atoms with E-state index in [9.17, 15) is 4.79 Å². The standard InChI is InChI=1S/C20H25NO4/c1-5-6-17(25-15-9-7-14(21)8-10-15)20(22)16-12-18(23-3)13(2)11-19(16)24-4/h7-12,17H,5-6,21H2,1-4H3. The molecule has 0 aliphatic rings. The van der Waals surface area contributed by atoms with Gasteiger partial charge in [0.1, 0.15) is 17.2 Å². The Morgan fingerprint density at radius 1 is 1.08 bits per heavy atom. The van der Waals surface area contributed by atoms with Crippen molar-refractivity contribution in [2.24, 2.45) is 0 Å². The summed E-state index contributed by atoms with van der Waals surface area (Å²) in [5, 5.41) is 0. The third-order valence-corrected chi connectivity index (χ3v) is 3.98. The molecule has 0 aromatic heterocycles. The molecular weight excluding hydrogens is 318 g/mol. The van der Waals surface area contributed by atoms with Crippen molar-refractivity contribution in [2.45, 2.75) is 32.8 Å². The lowest BCUT2D eigenvalue weighted by molar-refractivity contribution is 0.0774. The van der Waals surface area contributed by atoms with Crippen molar-refractivity contribution in [2.75, 3.05) is 20.0 Å².